The minimum atomic E-state index is -0.564. The van der Waals surface area contributed by atoms with Crippen molar-refractivity contribution in [3.05, 3.63) is 57.7 Å². The second kappa shape index (κ2) is 8.57. The maximum atomic E-state index is 12.9. The predicted octanol–water partition coefficient (Wildman–Crippen LogP) is 4.14. The van der Waals surface area contributed by atoms with E-state index in [0.717, 1.165) is 30.2 Å². The van der Waals surface area contributed by atoms with E-state index >= 15 is 0 Å². The molecule has 30 heavy (non-hydrogen) atoms. The van der Waals surface area contributed by atoms with Crippen LogP contribution in [0.15, 0.2) is 45.1 Å². The summed E-state index contributed by atoms with van der Waals surface area (Å²) < 4.78 is 5.33. The number of anilines is 1. The van der Waals surface area contributed by atoms with E-state index in [0.29, 0.717) is 16.7 Å². The van der Waals surface area contributed by atoms with Gasteiger partial charge in [-0.2, -0.15) is 0 Å². The highest BCUT2D eigenvalue weighted by molar-refractivity contribution is 7.99. The molecule has 1 saturated carbocycles. The lowest BCUT2D eigenvalue weighted by Crippen LogP contribution is -2.15. The van der Waals surface area contributed by atoms with Crippen LogP contribution in [0.4, 0.5) is 11.6 Å². The van der Waals surface area contributed by atoms with Gasteiger partial charge >= 0.3 is 0 Å². The van der Waals surface area contributed by atoms with Crippen LogP contribution in [0.5, 0.6) is 0 Å². The van der Waals surface area contributed by atoms with E-state index in [9.17, 15) is 14.9 Å². The molecule has 0 bridgehead atoms. The molecule has 0 unspecified atom stereocenters. The van der Waals surface area contributed by atoms with Crippen LogP contribution in [0.25, 0.3) is 0 Å². The fraction of sp³-hybridized carbons (Fsp3) is 0.316. The fourth-order valence-corrected chi connectivity index (χ4v) is 4.18. The Morgan fingerprint density at radius 1 is 1.23 bits per heavy atom. The largest absolute Gasteiger partial charge is 0.416 e. The summed E-state index contributed by atoms with van der Waals surface area (Å²) >= 11 is 1.05. The number of non-ortho nitro benzene ring substituents is 1. The van der Waals surface area contributed by atoms with Crippen molar-refractivity contribution >= 4 is 29.3 Å². The van der Waals surface area contributed by atoms with Gasteiger partial charge in [0.15, 0.2) is 0 Å². The molecule has 11 heteroatoms. The normalized spacial score (nSPS) is 14.0. The van der Waals surface area contributed by atoms with Gasteiger partial charge in [-0.15, -0.1) is 10.2 Å². The van der Waals surface area contributed by atoms with Crippen molar-refractivity contribution in [1.82, 2.24) is 20.2 Å². The molecule has 1 aromatic carbocycles. The summed E-state index contributed by atoms with van der Waals surface area (Å²) in [5, 5.41) is 21.6. The molecule has 0 saturated heterocycles. The lowest BCUT2D eigenvalue weighted by Gasteiger charge is -2.10. The molecule has 1 fully saturated rings. The summed E-state index contributed by atoms with van der Waals surface area (Å²) in [6.45, 7) is 1.65. The topological polar surface area (TPSA) is 137 Å². The zero-order valence-electron chi connectivity index (χ0n) is 16.1. The minimum Gasteiger partial charge on any atom is -0.416 e. The van der Waals surface area contributed by atoms with Gasteiger partial charge in [0.1, 0.15) is 0 Å². The van der Waals surface area contributed by atoms with Crippen molar-refractivity contribution in [2.75, 3.05) is 5.32 Å². The molecule has 1 amide bonds. The Labute approximate surface area is 175 Å². The van der Waals surface area contributed by atoms with Crippen LogP contribution in [0.3, 0.4) is 0 Å². The third kappa shape index (κ3) is 4.46. The van der Waals surface area contributed by atoms with Crippen molar-refractivity contribution in [1.29, 1.82) is 0 Å². The second-order valence-corrected chi connectivity index (χ2v) is 7.90. The van der Waals surface area contributed by atoms with Gasteiger partial charge in [0.2, 0.25) is 11.8 Å². The van der Waals surface area contributed by atoms with Gasteiger partial charge in [0, 0.05) is 36.3 Å². The highest BCUT2D eigenvalue weighted by atomic mass is 32.2. The van der Waals surface area contributed by atoms with Crippen molar-refractivity contribution in [3.8, 4) is 0 Å². The van der Waals surface area contributed by atoms with Crippen molar-refractivity contribution in [2.24, 2.45) is 0 Å². The predicted molar refractivity (Wildman–Crippen MR) is 107 cm³/mol. The Morgan fingerprint density at radius 3 is 2.60 bits per heavy atom. The molecule has 0 radical (unpaired) electrons. The maximum absolute atomic E-state index is 12.9. The molecule has 0 atom stereocenters. The standard InChI is InChI=1S/C19H18N6O4S/c1-11-23-24-19(29-11)30-16-7-6-14(25(27)28)8-15(16)17(26)22-18-20-9-13(10-21-18)12-4-2-3-5-12/h6-10,12H,2-5H2,1H3,(H,20,21,22,26). The van der Waals surface area contributed by atoms with Crippen LogP contribution in [-0.4, -0.2) is 31.0 Å². The fourth-order valence-electron chi connectivity index (χ4n) is 3.35. The number of aromatic nitrogens is 4. The van der Waals surface area contributed by atoms with Gasteiger partial charge < -0.3 is 4.42 Å². The second-order valence-electron chi connectivity index (χ2n) is 6.90. The molecule has 10 nitrogen and oxygen atoms in total. The number of aryl methyl sites for hydroxylation is 1. The SMILES string of the molecule is Cc1nnc(Sc2ccc([N+](=O)[O-])cc2C(=O)Nc2ncc(C3CCCC3)cn2)o1. The summed E-state index contributed by atoms with van der Waals surface area (Å²) in [6.07, 6.45) is 8.11. The van der Waals surface area contributed by atoms with Gasteiger partial charge in [-0.25, -0.2) is 9.97 Å². The number of benzene rings is 1. The first-order valence-electron chi connectivity index (χ1n) is 9.39. The molecular formula is C19H18N6O4S. The third-order valence-electron chi connectivity index (χ3n) is 4.85. The van der Waals surface area contributed by atoms with E-state index in [1.165, 1.54) is 31.0 Å². The highest BCUT2D eigenvalue weighted by Crippen LogP contribution is 2.34. The maximum Gasteiger partial charge on any atom is 0.281 e. The Morgan fingerprint density at radius 2 is 1.97 bits per heavy atom. The van der Waals surface area contributed by atoms with Crippen LogP contribution in [-0.2, 0) is 0 Å². The molecule has 2 heterocycles. The highest BCUT2D eigenvalue weighted by Gasteiger charge is 2.21. The summed E-state index contributed by atoms with van der Waals surface area (Å²) in [7, 11) is 0. The third-order valence-corrected chi connectivity index (χ3v) is 5.76. The quantitative estimate of drug-likeness (QED) is 0.455. The van der Waals surface area contributed by atoms with E-state index in [1.807, 2.05) is 0 Å². The summed E-state index contributed by atoms with van der Waals surface area (Å²) in [5.41, 5.74) is 0.945. The number of carbonyl (C=O) groups excluding carboxylic acids is 1. The zero-order valence-corrected chi connectivity index (χ0v) is 16.9. The van der Waals surface area contributed by atoms with E-state index in [-0.39, 0.29) is 22.4 Å². The van der Waals surface area contributed by atoms with Crippen LogP contribution in [0.2, 0.25) is 0 Å². The average Bonchev–Trinajstić information content (AvgIpc) is 3.41. The molecule has 0 spiro atoms. The lowest BCUT2D eigenvalue weighted by atomic mass is 10.0. The number of nitrogens with zero attached hydrogens (tertiary/aromatic N) is 5. The van der Waals surface area contributed by atoms with Crippen molar-refractivity contribution < 1.29 is 14.1 Å². The number of rotatable bonds is 6. The van der Waals surface area contributed by atoms with Gasteiger partial charge in [-0.1, -0.05) is 12.8 Å². The first-order valence-corrected chi connectivity index (χ1v) is 10.2. The van der Waals surface area contributed by atoms with Gasteiger partial charge in [-0.3, -0.25) is 20.2 Å². The van der Waals surface area contributed by atoms with Crippen molar-refractivity contribution in [3.63, 3.8) is 0 Å². The number of carbonyl (C=O) groups is 1. The minimum absolute atomic E-state index is 0.0912. The molecule has 154 valence electrons. The summed E-state index contributed by atoms with van der Waals surface area (Å²) in [4.78, 5) is 32.4. The molecule has 2 aromatic heterocycles. The van der Waals surface area contributed by atoms with E-state index in [1.54, 1.807) is 19.3 Å². The molecule has 1 aliphatic rings. The van der Waals surface area contributed by atoms with Gasteiger partial charge in [-0.05, 0) is 42.2 Å². The number of amides is 1. The number of hydrogen-bond acceptors (Lipinski definition) is 9. The van der Waals surface area contributed by atoms with Crippen LogP contribution >= 0.6 is 11.8 Å². The average molecular weight is 426 g/mol. The first-order chi connectivity index (χ1) is 14.5. The Kier molecular flexibility index (Phi) is 5.70. The molecular weight excluding hydrogens is 408 g/mol. The number of nitro groups is 1. The van der Waals surface area contributed by atoms with Crippen molar-refractivity contribution in [2.45, 2.75) is 48.6 Å². The Hall–Kier alpha value is -3.34. The molecule has 1 N–H and O–H groups in total. The molecule has 4 rings (SSSR count). The molecule has 0 aliphatic heterocycles. The lowest BCUT2D eigenvalue weighted by molar-refractivity contribution is -0.384. The van der Waals surface area contributed by atoms with Crippen LogP contribution in [0, 0.1) is 17.0 Å². The monoisotopic (exact) mass is 426 g/mol. The number of hydrogen-bond donors (Lipinski definition) is 1. The molecule has 3 aromatic rings. The van der Waals surface area contributed by atoms with Gasteiger partial charge in [0.05, 0.1) is 10.5 Å². The Balaban J connectivity index is 1.56. The number of nitro benzene ring substituents is 1. The summed E-state index contributed by atoms with van der Waals surface area (Å²) in [6, 6.07) is 3.99. The first kappa shape index (κ1) is 20.0. The Bertz CT molecular complexity index is 1080. The van der Waals surface area contributed by atoms with Crippen LogP contribution in [0.1, 0.15) is 53.4 Å². The van der Waals surface area contributed by atoms with Crippen LogP contribution < -0.4 is 5.32 Å². The van der Waals surface area contributed by atoms with E-state index < -0.39 is 10.8 Å². The summed E-state index contributed by atoms with van der Waals surface area (Å²) in [5.74, 6) is 0.414. The molecule has 1 aliphatic carbocycles. The number of nitrogens with one attached hydrogen (secondary N) is 1. The van der Waals surface area contributed by atoms with Gasteiger partial charge in [0.25, 0.3) is 16.8 Å². The van der Waals surface area contributed by atoms with E-state index in [4.69, 9.17) is 4.42 Å². The smallest absolute Gasteiger partial charge is 0.281 e. The van der Waals surface area contributed by atoms with E-state index in [2.05, 4.69) is 25.5 Å². The zero-order chi connectivity index (χ0) is 21.1.